The number of nitrogens with zero attached hydrogens (tertiary/aromatic N) is 1. The first kappa shape index (κ1) is 76.3. The van der Waals surface area contributed by atoms with Gasteiger partial charge in [0.25, 0.3) is 0 Å². The van der Waals surface area contributed by atoms with Crippen molar-refractivity contribution in [2.45, 2.75) is 158 Å². The Labute approximate surface area is 528 Å². The molecule has 12 atom stereocenters. The molecule has 0 bridgehead atoms. The van der Waals surface area contributed by atoms with Crippen LogP contribution in [0.5, 0.6) is 0 Å². The summed E-state index contributed by atoms with van der Waals surface area (Å²) in [7, 11) is 0. The second-order valence-corrected chi connectivity index (χ2v) is 23.8. The number of carboxylic acid groups (broad SMARTS) is 1. The molecular formula is C56H86N14O18S2. The Morgan fingerprint density at radius 1 is 0.633 bits per heavy atom. The normalized spacial score (nSPS) is 17.7. The number of nitrogens with two attached hydrogens (primary N) is 1. The fraction of sp³-hybridized carbons (Fsp3) is 0.625. The van der Waals surface area contributed by atoms with Crippen LogP contribution in [0.15, 0.2) is 30.3 Å². The van der Waals surface area contributed by atoms with Crippen molar-refractivity contribution in [2.24, 2.45) is 11.7 Å². The average molecular weight is 1310 g/mol. The molecule has 2 aliphatic rings. The van der Waals surface area contributed by atoms with E-state index in [0.717, 1.165) is 11.3 Å². The molecule has 90 heavy (non-hydrogen) atoms. The molecule has 0 spiro atoms. The van der Waals surface area contributed by atoms with E-state index in [9.17, 15) is 87.2 Å². The Kier molecular flexibility index (Phi) is 33.3. The van der Waals surface area contributed by atoms with Gasteiger partial charge in [-0.1, -0.05) is 44.2 Å². The van der Waals surface area contributed by atoms with Gasteiger partial charge in [-0.05, 0) is 94.4 Å². The highest BCUT2D eigenvalue weighted by Gasteiger charge is 2.41. The third-order valence-corrected chi connectivity index (χ3v) is 15.6. The first-order valence-corrected chi connectivity index (χ1v) is 32.0. The lowest BCUT2D eigenvalue weighted by Crippen LogP contribution is -2.61. The minimum absolute atomic E-state index is 0.0368. The fourth-order valence-electron chi connectivity index (χ4n) is 9.44. The number of aldehydes is 1. The standard InChI is InChI=1S/C56H86N14O18S2/c1-29(2)44(54(86)59-19-21-71)68-53(85)40-15-11-20-70(40)56(88)39(28-72)67-49(81)35(17-23-90-6)64-51(83)37(25-41(57)74)66-48(80)34(16-22-89-5)63-50(82)36(24-32-12-8-7-9-13-32)65-52(84)38(26-43(76)77)62-42(75)27-60-55(87)45(31(4)73)69-46(78)30(3)61-47(79)33-14-10-18-58-33/h7-9,12-13,21,29-31,33-40,44-45,58,72-73H,10-11,14-20,22-28H2,1-6H3,(H2,57,74)(H,59,86)(H,60,87)(H,61,79)(H,62,75)(H,63,82)(H,64,83)(H,65,84)(H,66,80)(H,67,81)(H,68,85)(H,69,78)(H,76,77)/t30-,31+,33-,34-,35-,36-,37-,38-,39-,40-,44-,45-/m0/s1. The second-order valence-electron chi connectivity index (χ2n) is 21.8. The summed E-state index contributed by atoms with van der Waals surface area (Å²) in [6.45, 7) is 4.35. The van der Waals surface area contributed by atoms with Crippen LogP contribution in [0.1, 0.15) is 84.6 Å². The smallest absolute Gasteiger partial charge is 0.305 e. The van der Waals surface area contributed by atoms with Crippen LogP contribution in [-0.4, -0.2) is 239 Å². The summed E-state index contributed by atoms with van der Waals surface area (Å²) >= 11 is 2.52. The van der Waals surface area contributed by atoms with E-state index in [2.05, 4.69) is 63.8 Å². The van der Waals surface area contributed by atoms with E-state index in [0.29, 0.717) is 31.2 Å². The molecule has 2 saturated heterocycles. The first-order chi connectivity index (χ1) is 42.6. The highest BCUT2D eigenvalue weighted by Crippen LogP contribution is 2.20. The van der Waals surface area contributed by atoms with Crippen molar-refractivity contribution in [3.05, 3.63) is 35.9 Å². The van der Waals surface area contributed by atoms with Crippen LogP contribution in [-0.2, 0) is 78.3 Å². The number of carboxylic acids is 1. The highest BCUT2D eigenvalue weighted by atomic mass is 32.2. The number of likely N-dealkylation sites (tertiary alicyclic amines) is 1. The number of carbonyl (C=O) groups excluding carboxylic acids is 14. The van der Waals surface area contributed by atoms with Gasteiger partial charge in [-0.2, -0.15) is 23.5 Å². The zero-order chi connectivity index (χ0) is 67.2. The largest absolute Gasteiger partial charge is 0.481 e. The van der Waals surface area contributed by atoms with Gasteiger partial charge in [-0.15, -0.1) is 0 Å². The monoisotopic (exact) mass is 1310 g/mol. The number of aliphatic carboxylic acids is 1. The molecule has 0 aliphatic carbocycles. The fourth-order valence-corrected chi connectivity index (χ4v) is 10.4. The van der Waals surface area contributed by atoms with E-state index in [-0.39, 0.29) is 50.3 Å². The van der Waals surface area contributed by atoms with Crippen LogP contribution < -0.4 is 69.5 Å². The maximum Gasteiger partial charge on any atom is 0.305 e. The van der Waals surface area contributed by atoms with Gasteiger partial charge in [0.1, 0.15) is 66.7 Å². The molecule has 17 N–H and O–H groups in total. The molecule has 2 heterocycles. The van der Waals surface area contributed by atoms with Gasteiger partial charge in [-0.3, -0.25) is 67.1 Å². The lowest BCUT2D eigenvalue weighted by molar-refractivity contribution is -0.143. The maximum atomic E-state index is 14.4. The summed E-state index contributed by atoms with van der Waals surface area (Å²) in [4.78, 5) is 199. The Hall–Kier alpha value is -7.95. The number of hydrogen-bond acceptors (Lipinski definition) is 20. The number of nitrogens with one attached hydrogen (secondary N) is 12. The number of primary amides is 1. The van der Waals surface area contributed by atoms with Crippen LogP contribution in [0.3, 0.4) is 0 Å². The number of hydrogen-bond donors (Lipinski definition) is 16. The topological polar surface area (TPSA) is 490 Å². The van der Waals surface area contributed by atoms with Gasteiger partial charge in [0, 0.05) is 13.0 Å². The molecule has 1 aromatic rings. The maximum absolute atomic E-state index is 14.4. The third kappa shape index (κ3) is 25.5. The molecule has 500 valence electrons. The third-order valence-electron chi connectivity index (χ3n) is 14.3. The average Bonchev–Trinajstić information content (AvgIpc) is 1.76. The minimum Gasteiger partial charge on any atom is -0.481 e. The van der Waals surface area contributed by atoms with Crippen molar-refractivity contribution in [3.8, 4) is 0 Å². The van der Waals surface area contributed by atoms with Crippen molar-refractivity contribution in [1.29, 1.82) is 0 Å². The Morgan fingerprint density at radius 3 is 1.70 bits per heavy atom. The number of thioether (sulfide) groups is 2. The second kappa shape index (κ2) is 39.2. The summed E-state index contributed by atoms with van der Waals surface area (Å²) in [5.74, 6) is -13.7. The summed E-state index contributed by atoms with van der Waals surface area (Å²) in [6.07, 6.45) is 1.76. The van der Waals surface area contributed by atoms with E-state index in [1.54, 1.807) is 56.7 Å². The lowest BCUT2D eigenvalue weighted by Gasteiger charge is -2.30. The van der Waals surface area contributed by atoms with Crippen LogP contribution in [0.25, 0.3) is 0 Å². The highest BCUT2D eigenvalue weighted by molar-refractivity contribution is 7.98. The van der Waals surface area contributed by atoms with Gasteiger partial charge in [0.2, 0.25) is 76.8 Å². The zero-order valence-corrected chi connectivity index (χ0v) is 52.7. The van der Waals surface area contributed by atoms with Crippen molar-refractivity contribution < 1.29 is 87.2 Å². The molecule has 32 nitrogen and oxygen atoms in total. The van der Waals surface area contributed by atoms with E-state index < -0.39 is 187 Å². The summed E-state index contributed by atoms with van der Waals surface area (Å²) in [6, 6.07) is -7.35. The minimum atomic E-state index is -1.90. The van der Waals surface area contributed by atoms with E-state index in [1.807, 2.05) is 0 Å². The van der Waals surface area contributed by atoms with Gasteiger partial charge in [-0.25, -0.2) is 0 Å². The molecule has 0 radical (unpaired) electrons. The predicted octanol–water partition coefficient (Wildman–Crippen LogP) is -6.33. The molecular weight excluding hydrogens is 1220 g/mol. The molecule has 3 rings (SSSR count). The summed E-state index contributed by atoms with van der Waals surface area (Å²) < 4.78 is 0. The molecule has 13 amide bonds. The Bertz CT molecular complexity index is 2690. The van der Waals surface area contributed by atoms with Gasteiger partial charge >= 0.3 is 5.97 Å². The zero-order valence-electron chi connectivity index (χ0n) is 51.1. The van der Waals surface area contributed by atoms with Crippen LogP contribution in [0.2, 0.25) is 0 Å². The molecule has 1 aromatic carbocycles. The van der Waals surface area contributed by atoms with Crippen molar-refractivity contribution in [2.75, 3.05) is 56.8 Å². The SMILES string of the molecule is CSCC[C@H](NC(=O)[C@H](Cc1ccccc1)NC(=O)[C@H](CC(=O)O)NC(=O)CNC(=O)[C@@H](NC(=O)[C@H](C)NC(=O)[C@@H]1CCCN1)[C@@H](C)O)C(=O)N[C@@H](CC(N)=O)C(=O)N[C@@H](CCSC)C(=O)N[C@@H](CO)C(=O)N1CCC[C@H]1C(=O)N[C@H](C(=O)NCC=O)C(C)C. The van der Waals surface area contributed by atoms with Crippen molar-refractivity contribution >= 4 is 113 Å². The van der Waals surface area contributed by atoms with Gasteiger partial charge in [0.05, 0.1) is 44.7 Å². The van der Waals surface area contributed by atoms with Crippen LogP contribution in [0, 0.1) is 5.92 Å². The first-order valence-electron chi connectivity index (χ1n) is 29.2. The van der Waals surface area contributed by atoms with Crippen molar-refractivity contribution in [3.63, 3.8) is 0 Å². The lowest BCUT2D eigenvalue weighted by atomic mass is 10.0. The number of aliphatic hydroxyl groups excluding tert-OH is 2. The Balaban J connectivity index is 1.80. The van der Waals surface area contributed by atoms with E-state index in [4.69, 9.17) is 5.73 Å². The molecule has 0 saturated carbocycles. The number of amides is 13. The van der Waals surface area contributed by atoms with E-state index in [1.165, 1.54) is 37.4 Å². The van der Waals surface area contributed by atoms with Crippen molar-refractivity contribution in [1.82, 2.24) is 68.7 Å². The summed E-state index contributed by atoms with van der Waals surface area (Å²) in [5.41, 5.74) is 5.99. The predicted molar refractivity (Wildman–Crippen MR) is 327 cm³/mol. The van der Waals surface area contributed by atoms with Crippen LogP contribution >= 0.6 is 23.5 Å². The summed E-state index contributed by atoms with van der Waals surface area (Å²) in [5, 5.41) is 60.1. The number of benzene rings is 1. The number of rotatable bonds is 39. The molecule has 0 unspecified atom stereocenters. The molecule has 2 aliphatic heterocycles. The van der Waals surface area contributed by atoms with E-state index >= 15 is 0 Å². The van der Waals surface area contributed by atoms with Gasteiger partial charge in [0.15, 0.2) is 0 Å². The number of carbonyl (C=O) groups is 15. The molecule has 34 heteroatoms. The Morgan fingerprint density at radius 2 is 1.18 bits per heavy atom. The quantitative estimate of drug-likeness (QED) is 0.0273. The van der Waals surface area contributed by atoms with Gasteiger partial charge < -0.3 is 94.5 Å². The van der Waals surface area contributed by atoms with Crippen LogP contribution in [0.4, 0.5) is 0 Å². The molecule has 2 fully saturated rings. The molecule has 0 aromatic heterocycles. The number of aliphatic hydroxyl groups is 2.